The second-order valence-electron chi connectivity index (χ2n) is 3.17. The lowest BCUT2D eigenvalue weighted by Crippen LogP contribution is -2.23. The zero-order chi connectivity index (χ0) is 9.68. The zero-order valence-electron chi connectivity index (χ0n) is 8.46. The number of anilines is 1. The molecule has 2 radical (unpaired) electrons. The van der Waals surface area contributed by atoms with E-state index in [1.807, 2.05) is 12.1 Å². The highest BCUT2D eigenvalue weighted by atomic mass is 15.1. The fourth-order valence-corrected chi connectivity index (χ4v) is 1.42. The minimum atomic E-state index is 0.830. The van der Waals surface area contributed by atoms with E-state index in [4.69, 9.17) is 7.85 Å². The summed E-state index contributed by atoms with van der Waals surface area (Å²) in [6.07, 6.45) is 1.18. The highest BCUT2D eigenvalue weighted by Crippen LogP contribution is 2.11. The maximum atomic E-state index is 5.62. The van der Waals surface area contributed by atoms with Crippen molar-refractivity contribution in [2.45, 2.75) is 20.3 Å². The fourth-order valence-electron chi connectivity index (χ4n) is 1.42. The van der Waals surface area contributed by atoms with E-state index in [-0.39, 0.29) is 0 Å². The third-order valence-corrected chi connectivity index (χ3v) is 2.13. The molecule has 0 amide bonds. The average Bonchev–Trinajstić information content (AvgIpc) is 2.16. The first kappa shape index (κ1) is 10.2. The van der Waals surface area contributed by atoms with Crippen LogP contribution in [0.4, 0.5) is 5.69 Å². The molecule has 0 unspecified atom stereocenters. The Hall–Kier alpha value is -0.915. The normalized spacial score (nSPS) is 10.0. The summed E-state index contributed by atoms with van der Waals surface area (Å²) >= 11 is 0. The molecule has 0 saturated heterocycles. The molecular weight excluding hydrogens is 157 g/mol. The minimum absolute atomic E-state index is 0.830. The van der Waals surface area contributed by atoms with Crippen molar-refractivity contribution in [2.75, 3.05) is 18.0 Å². The standard InChI is InChI=1S/C11H16BN/c1-3-9-13(4-2)11-7-5-10(12)6-8-11/h5-8H,3-4,9H2,1-2H3. The van der Waals surface area contributed by atoms with Crippen molar-refractivity contribution < 1.29 is 0 Å². The van der Waals surface area contributed by atoms with Crippen molar-refractivity contribution in [2.24, 2.45) is 0 Å². The van der Waals surface area contributed by atoms with Gasteiger partial charge in [0.1, 0.15) is 7.85 Å². The van der Waals surface area contributed by atoms with E-state index in [1.165, 1.54) is 12.1 Å². The summed E-state index contributed by atoms with van der Waals surface area (Å²) in [7, 11) is 5.62. The Bertz CT molecular complexity index is 243. The smallest absolute Gasteiger partial charge is 0.113 e. The van der Waals surface area contributed by atoms with Gasteiger partial charge in [-0.3, -0.25) is 0 Å². The number of hydrogen-bond donors (Lipinski definition) is 0. The predicted octanol–water partition coefficient (Wildman–Crippen LogP) is 1.72. The summed E-state index contributed by atoms with van der Waals surface area (Å²) in [4.78, 5) is 2.35. The quantitative estimate of drug-likeness (QED) is 0.626. The largest absolute Gasteiger partial charge is 0.372 e. The second kappa shape index (κ2) is 4.95. The van der Waals surface area contributed by atoms with Gasteiger partial charge >= 0.3 is 0 Å². The lowest BCUT2D eigenvalue weighted by molar-refractivity contribution is 0.792. The molecule has 0 aliphatic carbocycles. The number of benzene rings is 1. The predicted molar refractivity (Wildman–Crippen MR) is 60.0 cm³/mol. The Balaban J connectivity index is 2.73. The van der Waals surface area contributed by atoms with Gasteiger partial charge in [0, 0.05) is 18.8 Å². The van der Waals surface area contributed by atoms with E-state index in [0.717, 1.165) is 18.6 Å². The van der Waals surface area contributed by atoms with E-state index in [2.05, 4.69) is 30.9 Å². The monoisotopic (exact) mass is 173 g/mol. The van der Waals surface area contributed by atoms with Crippen LogP contribution in [0.5, 0.6) is 0 Å². The molecule has 1 nitrogen and oxygen atoms in total. The van der Waals surface area contributed by atoms with Crippen LogP contribution in [0.3, 0.4) is 0 Å². The molecule has 0 bridgehead atoms. The van der Waals surface area contributed by atoms with Gasteiger partial charge in [0.2, 0.25) is 0 Å². The van der Waals surface area contributed by atoms with Gasteiger partial charge in [-0.25, -0.2) is 0 Å². The van der Waals surface area contributed by atoms with Crippen LogP contribution in [-0.4, -0.2) is 20.9 Å². The van der Waals surface area contributed by atoms with Crippen molar-refractivity contribution in [3.63, 3.8) is 0 Å². The lowest BCUT2D eigenvalue weighted by Gasteiger charge is -2.22. The van der Waals surface area contributed by atoms with Gasteiger partial charge in [0.15, 0.2) is 0 Å². The average molecular weight is 173 g/mol. The van der Waals surface area contributed by atoms with Gasteiger partial charge in [0.25, 0.3) is 0 Å². The molecule has 0 atom stereocenters. The van der Waals surface area contributed by atoms with E-state index in [9.17, 15) is 0 Å². The van der Waals surface area contributed by atoms with Crippen LogP contribution in [0, 0.1) is 0 Å². The Morgan fingerprint density at radius 3 is 2.23 bits per heavy atom. The van der Waals surface area contributed by atoms with Crippen LogP contribution in [-0.2, 0) is 0 Å². The van der Waals surface area contributed by atoms with Crippen LogP contribution in [0.1, 0.15) is 20.3 Å². The molecule has 2 heteroatoms. The minimum Gasteiger partial charge on any atom is -0.372 e. The third-order valence-electron chi connectivity index (χ3n) is 2.13. The summed E-state index contributed by atoms with van der Waals surface area (Å²) < 4.78 is 0. The van der Waals surface area contributed by atoms with Crippen LogP contribution in [0.25, 0.3) is 0 Å². The van der Waals surface area contributed by atoms with Gasteiger partial charge < -0.3 is 4.90 Å². The summed E-state index contributed by atoms with van der Waals surface area (Å²) in [5.74, 6) is 0. The highest BCUT2D eigenvalue weighted by Gasteiger charge is 2.00. The molecule has 1 aromatic rings. The third kappa shape index (κ3) is 2.80. The molecule has 0 aromatic heterocycles. The van der Waals surface area contributed by atoms with Crippen molar-refractivity contribution in [1.82, 2.24) is 0 Å². The summed E-state index contributed by atoms with van der Waals surface area (Å²) in [5, 5.41) is 0. The molecule has 0 fully saturated rings. The summed E-state index contributed by atoms with van der Waals surface area (Å²) in [6.45, 7) is 6.53. The Morgan fingerprint density at radius 1 is 1.15 bits per heavy atom. The maximum absolute atomic E-state index is 5.62. The molecule has 13 heavy (non-hydrogen) atoms. The van der Waals surface area contributed by atoms with Crippen molar-refractivity contribution in [3.8, 4) is 0 Å². The van der Waals surface area contributed by atoms with Gasteiger partial charge in [-0.1, -0.05) is 24.5 Å². The molecule has 0 spiro atoms. The van der Waals surface area contributed by atoms with Crippen LogP contribution in [0.2, 0.25) is 0 Å². The molecule has 68 valence electrons. The first-order chi connectivity index (χ1) is 6.27. The highest BCUT2D eigenvalue weighted by molar-refractivity contribution is 6.32. The van der Waals surface area contributed by atoms with Crippen LogP contribution in [0.15, 0.2) is 24.3 Å². The van der Waals surface area contributed by atoms with E-state index < -0.39 is 0 Å². The SMILES string of the molecule is [B]c1ccc(N(CC)CCC)cc1. The number of hydrogen-bond acceptors (Lipinski definition) is 1. The topological polar surface area (TPSA) is 3.24 Å². The molecular formula is C11H16BN. The lowest BCUT2D eigenvalue weighted by atomic mass is 9.96. The molecule has 1 aromatic carbocycles. The van der Waals surface area contributed by atoms with Gasteiger partial charge in [-0.15, -0.1) is 0 Å². The number of nitrogens with zero attached hydrogens (tertiary/aromatic N) is 1. The molecule has 0 N–H and O–H groups in total. The second-order valence-corrected chi connectivity index (χ2v) is 3.17. The van der Waals surface area contributed by atoms with E-state index >= 15 is 0 Å². The van der Waals surface area contributed by atoms with E-state index in [0.29, 0.717) is 0 Å². The zero-order valence-corrected chi connectivity index (χ0v) is 8.46. The molecule has 0 heterocycles. The van der Waals surface area contributed by atoms with Crippen molar-refractivity contribution in [3.05, 3.63) is 24.3 Å². The van der Waals surface area contributed by atoms with Gasteiger partial charge in [-0.2, -0.15) is 0 Å². The van der Waals surface area contributed by atoms with Crippen LogP contribution >= 0.6 is 0 Å². The first-order valence-electron chi connectivity index (χ1n) is 4.88. The van der Waals surface area contributed by atoms with E-state index in [1.54, 1.807) is 0 Å². The van der Waals surface area contributed by atoms with Crippen molar-refractivity contribution >= 4 is 19.0 Å². The Morgan fingerprint density at radius 2 is 1.77 bits per heavy atom. The summed E-state index contributed by atoms with van der Waals surface area (Å²) in [5.41, 5.74) is 2.09. The molecule has 0 aliphatic heterocycles. The maximum Gasteiger partial charge on any atom is 0.113 e. The molecule has 1 rings (SSSR count). The molecule has 0 aliphatic rings. The molecule has 0 saturated carbocycles. The number of rotatable bonds is 4. The Kier molecular flexibility index (Phi) is 3.87. The fraction of sp³-hybridized carbons (Fsp3) is 0.455. The Labute approximate surface area is 82.2 Å². The first-order valence-corrected chi connectivity index (χ1v) is 4.88. The van der Waals surface area contributed by atoms with Gasteiger partial charge in [0.05, 0.1) is 0 Å². The summed E-state index contributed by atoms with van der Waals surface area (Å²) in [6, 6.07) is 8.06. The van der Waals surface area contributed by atoms with Crippen molar-refractivity contribution in [1.29, 1.82) is 0 Å². The van der Waals surface area contributed by atoms with Gasteiger partial charge in [-0.05, 0) is 25.5 Å². The van der Waals surface area contributed by atoms with Crippen LogP contribution < -0.4 is 10.4 Å².